The summed E-state index contributed by atoms with van der Waals surface area (Å²) in [4.78, 5) is 12.7. The Labute approximate surface area is 151 Å². The van der Waals surface area contributed by atoms with Crippen LogP contribution in [0.2, 0.25) is 0 Å². The van der Waals surface area contributed by atoms with Gasteiger partial charge >= 0.3 is 0 Å². The molecule has 1 heterocycles. The minimum absolute atomic E-state index is 0.0452. The lowest BCUT2D eigenvalue weighted by atomic mass is 10.2. The molecule has 1 aliphatic rings. The Bertz CT molecular complexity index is 744. The predicted molar refractivity (Wildman–Crippen MR) is 97.8 cm³/mol. The van der Waals surface area contributed by atoms with E-state index >= 15 is 0 Å². The van der Waals surface area contributed by atoms with Gasteiger partial charge in [-0.05, 0) is 25.0 Å². The van der Waals surface area contributed by atoms with Crippen molar-refractivity contribution in [3.8, 4) is 0 Å². The Morgan fingerprint density at radius 3 is 2.46 bits per heavy atom. The Morgan fingerprint density at radius 2 is 1.92 bits per heavy atom. The molecule has 0 bridgehead atoms. The van der Waals surface area contributed by atoms with Crippen LogP contribution in [-0.2, 0) is 10.0 Å². The van der Waals surface area contributed by atoms with E-state index in [0.717, 1.165) is 37.1 Å². The van der Waals surface area contributed by atoms with Crippen molar-refractivity contribution >= 4 is 44.0 Å². The van der Waals surface area contributed by atoms with Gasteiger partial charge in [-0.1, -0.05) is 30.4 Å². The maximum absolute atomic E-state index is 12.7. The van der Waals surface area contributed by atoms with Crippen molar-refractivity contribution in [2.45, 2.75) is 29.1 Å². The van der Waals surface area contributed by atoms with Crippen LogP contribution in [0.1, 0.15) is 19.3 Å². The number of nitro benzene ring substituents is 1. The molecule has 24 heavy (non-hydrogen) atoms. The second-order valence-corrected chi connectivity index (χ2v) is 9.23. The van der Waals surface area contributed by atoms with E-state index in [9.17, 15) is 18.5 Å². The van der Waals surface area contributed by atoms with Crippen LogP contribution in [0.4, 0.5) is 5.69 Å². The minimum Gasteiger partial charge on any atom is -0.363 e. The lowest BCUT2D eigenvalue weighted by Gasteiger charge is -2.25. The van der Waals surface area contributed by atoms with E-state index in [-0.39, 0.29) is 10.6 Å². The van der Waals surface area contributed by atoms with E-state index in [2.05, 4.69) is 0 Å². The average molecular weight is 390 g/mol. The monoisotopic (exact) mass is 389 g/mol. The van der Waals surface area contributed by atoms with Crippen molar-refractivity contribution in [2.75, 3.05) is 27.2 Å². The van der Waals surface area contributed by atoms with Gasteiger partial charge in [-0.15, -0.1) is 0 Å². The third-order valence-corrected chi connectivity index (χ3v) is 7.26. The molecule has 1 aromatic rings. The fourth-order valence-corrected chi connectivity index (χ4v) is 4.88. The molecule has 0 amide bonds. The quantitative estimate of drug-likeness (QED) is 0.339. The molecule has 7 nitrogen and oxygen atoms in total. The average Bonchev–Trinajstić information content (AvgIpc) is 2.55. The zero-order valence-electron chi connectivity index (χ0n) is 13.5. The van der Waals surface area contributed by atoms with Gasteiger partial charge in [-0.3, -0.25) is 10.1 Å². The number of rotatable bonds is 4. The summed E-state index contributed by atoms with van der Waals surface area (Å²) < 4.78 is 27.2. The maximum atomic E-state index is 12.7. The Balaban J connectivity index is 2.37. The fraction of sp³-hybridized carbons (Fsp3) is 0.500. The predicted octanol–water partition coefficient (Wildman–Crippen LogP) is 2.71. The van der Waals surface area contributed by atoms with Gasteiger partial charge in [-0.2, -0.15) is 4.31 Å². The molecule has 0 N–H and O–H groups in total. The molecule has 10 heteroatoms. The normalized spacial score (nSPS) is 15.9. The summed E-state index contributed by atoms with van der Waals surface area (Å²) in [6, 6.07) is 4.00. The lowest BCUT2D eigenvalue weighted by molar-refractivity contribution is -0.387. The second-order valence-electron chi connectivity index (χ2n) is 5.61. The van der Waals surface area contributed by atoms with Gasteiger partial charge in [0.05, 0.1) is 14.7 Å². The fourth-order valence-electron chi connectivity index (χ4n) is 2.33. The Morgan fingerprint density at radius 1 is 1.29 bits per heavy atom. The summed E-state index contributed by atoms with van der Waals surface area (Å²) in [5.74, 6) is 0. The molecule has 1 fully saturated rings. The standard InChI is InChI=1S/C14H19N3O4S3/c1-15(2)14(22)23-13-7-6-11(10-12(13)17(18)19)24(20,21)16-8-4-3-5-9-16/h6-7,10H,3-5,8-9H2,1-2H3. The van der Waals surface area contributed by atoms with E-state index in [0.29, 0.717) is 22.3 Å². The number of thioether (sulfide) groups is 1. The van der Waals surface area contributed by atoms with Gasteiger partial charge in [0.2, 0.25) is 10.0 Å². The van der Waals surface area contributed by atoms with Gasteiger partial charge in [0.25, 0.3) is 5.69 Å². The van der Waals surface area contributed by atoms with Crippen LogP contribution in [-0.4, -0.2) is 54.1 Å². The number of thiocarbonyl (C=S) groups is 1. The molecule has 0 saturated carbocycles. The van der Waals surface area contributed by atoms with E-state index in [1.807, 2.05) is 0 Å². The minimum atomic E-state index is -3.70. The number of sulfonamides is 1. The van der Waals surface area contributed by atoms with Gasteiger partial charge in [0, 0.05) is 33.3 Å². The van der Waals surface area contributed by atoms with E-state index in [1.165, 1.54) is 16.4 Å². The molecule has 0 radical (unpaired) electrons. The molecule has 0 spiro atoms. The summed E-state index contributed by atoms with van der Waals surface area (Å²) in [6.45, 7) is 0.911. The largest absolute Gasteiger partial charge is 0.363 e. The highest BCUT2D eigenvalue weighted by Crippen LogP contribution is 2.33. The van der Waals surface area contributed by atoms with Crippen molar-refractivity contribution in [1.29, 1.82) is 0 Å². The molecule has 0 atom stereocenters. The summed E-state index contributed by atoms with van der Waals surface area (Å²) in [5, 5.41) is 11.4. The number of hydrogen-bond donors (Lipinski definition) is 0. The highest BCUT2D eigenvalue weighted by atomic mass is 32.2. The SMILES string of the molecule is CN(C)C(=S)Sc1ccc(S(=O)(=O)N2CCCCC2)cc1[N+](=O)[O-]. The molecule has 2 rings (SSSR count). The highest BCUT2D eigenvalue weighted by molar-refractivity contribution is 8.23. The number of piperidine rings is 1. The molecule has 1 saturated heterocycles. The zero-order valence-corrected chi connectivity index (χ0v) is 15.9. The van der Waals surface area contributed by atoms with Crippen LogP contribution in [0.3, 0.4) is 0 Å². The molecule has 1 aliphatic heterocycles. The first-order valence-electron chi connectivity index (χ1n) is 7.41. The van der Waals surface area contributed by atoms with Crippen LogP contribution in [0.5, 0.6) is 0 Å². The summed E-state index contributed by atoms with van der Waals surface area (Å²) >= 11 is 6.22. The molecule has 0 unspecified atom stereocenters. The molecular formula is C14H19N3O4S3. The van der Waals surface area contributed by atoms with Crippen LogP contribution in [0.25, 0.3) is 0 Å². The molecular weight excluding hydrogens is 370 g/mol. The first-order chi connectivity index (χ1) is 11.2. The zero-order chi connectivity index (χ0) is 17.9. The van der Waals surface area contributed by atoms with Gasteiger partial charge in [0.1, 0.15) is 4.32 Å². The van der Waals surface area contributed by atoms with Crippen molar-refractivity contribution in [1.82, 2.24) is 9.21 Å². The van der Waals surface area contributed by atoms with E-state index in [1.54, 1.807) is 19.0 Å². The third kappa shape index (κ3) is 4.24. The van der Waals surface area contributed by atoms with Gasteiger partial charge < -0.3 is 4.90 Å². The van der Waals surface area contributed by atoms with Crippen LogP contribution in [0.15, 0.2) is 28.0 Å². The Hall–Kier alpha value is -1.23. The van der Waals surface area contributed by atoms with Crippen molar-refractivity contribution < 1.29 is 13.3 Å². The number of benzene rings is 1. The van der Waals surface area contributed by atoms with Gasteiger partial charge in [-0.25, -0.2) is 8.42 Å². The first kappa shape index (κ1) is 19.1. The highest BCUT2D eigenvalue weighted by Gasteiger charge is 2.28. The smallest absolute Gasteiger partial charge is 0.284 e. The Kier molecular flexibility index (Phi) is 6.18. The first-order valence-corrected chi connectivity index (χ1v) is 10.1. The second kappa shape index (κ2) is 7.77. The van der Waals surface area contributed by atoms with Crippen molar-refractivity contribution in [2.24, 2.45) is 0 Å². The topological polar surface area (TPSA) is 83.8 Å². The van der Waals surface area contributed by atoms with E-state index < -0.39 is 14.9 Å². The van der Waals surface area contributed by atoms with Gasteiger partial charge in [0.15, 0.2) is 0 Å². The molecule has 132 valence electrons. The van der Waals surface area contributed by atoms with Crippen LogP contribution < -0.4 is 0 Å². The molecule has 1 aromatic carbocycles. The van der Waals surface area contributed by atoms with Crippen LogP contribution >= 0.6 is 24.0 Å². The molecule has 0 aromatic heterocycles. The number of nitrogens with zero attached hydrogens (tertiary/aromatic N) is 3. The van der Waals surface area contributed by atoms with E-state index in [4.69, 9.17) is 12.2 Å². The van der Waals surface area contributed by atoms with Crippen molar-refractivity contribution in [3.63, 3.8) is 0 Å². The third-order valence-electron chi connectivity index (χ3n) is 3.64. The summed E-state index contributed by atoms with van der Waals surface area (Å²) in [5.41, 5.74) is -0.248. The molecule has 0 aliphatic carbocycles. The summed E-state index contributed by atoms with van der Waals surface area (Å²) in [7, 11) is -0.210. The van der Waals surface area contributed by atoms with Crippen LogP contribution in [0, 0.1) is 10.1 Å². The maximum Gasteiger partial charge on any atom is 0.284 e. The lowest BCUT2D eigenvalue weighted by Crippen LogP contribution is -2.35. The summed E-state index contributed by atoms with van der Waals surface area (Å²) in [6.07, 6.45) is 2.63. The number of hydrogen-bond acceptors (Lipinski definition) is 6. The van der Waals surface area contributed by atoms with Crippen molar-refractivity contribution in [3.05, 3.63) is 28.3 Å². The number of nitro groups is 1.